The molecule has 0 spiro atoms. The van der Waals surface area contributed by atoms with Crippen molar-refractivity contribution in [3.8, 4) is 0 Å². The molecule has 1 saturated heterocycles. The zero-order valence-electron chi connectivity index (χ0n) is 30.9. The Balaban J connectivity index is 0.000000469. The van der Waals surface area contributed by atoms with Gasteiger partial charge in [0.15, 0.2) is 19.9 Å². The average Bonchev–Trinajstić information content (AvgIpc) is 3.05. The van der Waals surface area contributed by atoms with Gasteiger partial charge in [0.1, 0.15) is 0 Å². The SMILES string of the molecule is CC(=O)c1ccc(CC(=O)O)c(Cl)c1.C[C@@H](O[Si](C)(C)C(C)(C)C)[C@H]1C(=O)N[C@@H]1CC(=O)c1ccc(CC(=O)OC(=O)c2ccc([N+](=O)[O-])cc2)c(Cl)c1. The number of carbonyl (C=O) groups is 6. The molecular formula is C38H42Cl2N2O11Si. The smallest absolute Gasteiger partial charge is 0.345 e. The number of hydrogen-bond donors (Lipinski definition) is 2. The van der Waals surface area contributed by atoms with E-state index in [1.807, 2.05) is 6.92 Å². The van der Waals surface area contributed by atoms with Crippen LogP contribution in [0, 0.1) is 16.0 Å². The summed E-state index contributed by atoms with van der Waals surface area (Å²) in [5.41, 5.74) is 1.46. The summed E-state index contributed by atoms with van der Waals surface area (Å²) in [5, 5.41) is 22.5. The summed E-state index contributed by atoms with van der Waals surface area (Å²) in [6, 6.07) is 13.4. The predicted molar refractivity (Wildman–Crippen MR) is 204 cm³/mol. The Kier molecular flexibility index (Phi) is 14.6. The van der Waals surface area contributed by atoms with E-state index in [1.54, 1.807) is 12.1 Å². The summed E-state index contributed by atoms with van der Waals surface area (Å²) in [6.45, 7) is 13.9. The fraction of sp³-hybridized carbons (Fsp3) is 0.368. The number of carboxylic acids is 1. The number of nitrogens with one attached hydrogen (secondary N) is 1. The number of Topliss-reactive ketones (excluding diaryl/α,β-unsaturated/α-hetero) is 2. The Morgan fingerprint density at radius 1 is 0.907 bits per heavy atom. The Morgan fingerprint density at radius 2 is 1.43 bits per heavy atom. The quantitative estimate of drug-likeness (QED) is 0.0332. The molecule has 0 saturated carbocycles. The number of ketones is 2. The zero-order chi connectivity index (χ0) is 40.7. The molecule has 3 aromatic rings. The zero-order valence-corrected chi connectivity index (χ0v) is 33.4. The van der Waals surface area contributed by atoms with Gasteiger partial charge in [0.2, 0.25) is 5.91 Å². The standard InChI is InChI=1S/C28H33ClN2O8Si.C10H9ClO3/c1-16(39-40(5,6)28(2,3)4)25-22(30-26(25)34)15-23(32)19-8-7-18(21(29)13-19)14-24(33)38-27(35)17-9-11-20(12-10-17)31(36)37;1-6(12)7-2-3-8(5-10(13)14)9(11)4-7/h7-13,16,22,25H,14-15H2,1-6H3,(H,30,34);2-4H,5H2,1H3,(H,13,14)/t16-,22-,25-;/m1./s1. The van der Waals surface area contributed by atoms with Gasteiger partial charge < -0.3 is 19.6 Å². The third-order valence-corrected chi connectivity index (χ3v) is 14.6. The lowest BCUT2D eigenvalue weighted by molar-refractivity contribution is -0.384. The second kappa shape index (κ2) is 18.0. The molecule has 1 aliphatic rings. The molecule has 0 unspecified atom stereocenters. The lowest BCUT2D eigenvalue weighted by Crippen LogP contribution is -2.64. The molecule has 0 bridgehead atoms. The maximum absolute atomic E-state index is 13.0. The highest BCUT2D eigenvalue weighted by Gasteiger charge is 2.48. The Bertz CT molecular complexity index is 1960. The fourth-order valence-corrected chi connectivity index (χ4v) is 7.14. The number of rotatable bonds is 13. The summed E-state index contributed by atoms with van der Waals surface area (Å²) in [5.74, 6) is -3.66. The van der Waals surface area contributed by atoms with Crippen molar-refractivity contribution in [2.75, 3.05) is 0 Å². The van der Waals surface area contributed by atoms with Crippen LogP contribution in [-0.4, -0.2) is 65.9 Å². The number of amides is 1. The van der Waals surface area contributed by atoms with Gasteiger partial charge in [0.25, 0.3) is 5.69 Å². The molecule has 0 aliphatic carbocycles. The van der Waals surface area contributed by atoms with Crippen LogP contribution in [0.1, 0.15) is 83.2 Å². The minimum Gasteiger partial charge on any atom is -0.481 e. The largest absolute Gasteiger partial charge is 0.481 e. The van der Waals surface area contributed by atoms with Gasteiger partial charge in [-0.1, -0.05) is 68.2 Å². The van der Waals surface area contributed by atoms with Crippen LogP contribution in [0.2, 0.25) is 28.2 Å². The lowest BCUT2D eigenvalue weighted by atomic mass is 9.82. The number of aliphatic carboxylic acids is 1. The molecule has 2 N–H and O–H groups in total. The van der Waals surface area contributed by atoms with Crippen molar-refractivity contribution in [3.05, 3.63) is 109 Å². The summed E-state index contributed by atoms with van der Waals surface area (Å²) in [6.07, 6.45) is -0.715. The van der Waals surface area contributed by atoms with Gasteiger partial charge in [-0.05, 0) is 67.4 Å². The second-order valence-electron chi connectivity index (χ2n) is 14.3. The summed E-state index contributed by atoms with van der Waals surface area (Å²) < 4.78 is 11.2. The summed E-state index contributed by atoms with van der Waals surface area (Å²) >= 11 is 12.1. The van der Waals surface area contributed by atoms with Crippen LogP contribution in [0.5, 0.6) is 0 Å². The number of nitro benzene ring substituents is 1. The van der Waals surface area contributed by atoms with Gasteiger partial charge in [-0.25, -0.2) is 4.79 Å². The number of benzene rings is 3. The van der Waals surface area contributed by atoms with E-state index in [0.29, 0.717) is 27.3 Å². The van der Waals surface area contributed by atoms with Crippen LogP contribution in [0.15, 0.2) is 60.7 Å². The third-order valence-electron chi connectivity index (χ3n) is 9.29. The normalized spacial score (nSPS) is 15.8. The highest BCUT2D eigenvalue weighted by molar-refractivity contribution is 6.74. The highest BCUT2D eigenvalue weighted by Crippen LogP contribution is 2.39. The number of carbonyl (C=O) groups excluding carboxylic acids is 5. The summed E-state index contributed by atoms with van der Waals surface area (Å²) in [4.78, 5) is 81.3. The van der Waals surface area contributed by atoms with E-state index in [-0.39, 0.29) is 70.2 Å². The number of esters is 2. The molecule has 1 fully saturated rings. The number of ether oxygens (including phenoxy) is 1. The minimum atomic E-state index is -2.11. The first kappa shape index (κ1) is 43.6. The molecule has 0 aromatic heterocycles. The molecule has 16 heteroatoms. The van der Waals surface area contributed by atoms with Crippen LogP contribution >= 0.6 is 23.2 Å². The molecule has 1 amide bonds. The van der Waals surface area contributed by atoms with Crippen LogP contribution in [-0.2, 0) is 36.4 Å². The molecule has 13 nitrogen and oxygen atoms in total. The van der Waals surface area contributed by atoms with E-state index in [0.717, 1.165) is 12.1 Å². The van der Waals surface area contributed by atoms with E-state index in [9.17, 15) is 38.9 Å². The van der Waals surface area contributed by atoms with E-state index < -0.39 is 37.1 Å². The third kappa shape index (κ3) is 11.6. The Hall–Kier alpha value is -4.76. The van der Waals surface area contributed by atoms with Crippen molar-refractivity contribution in [1.29, 1.82) is 0 Å². The predicted octanol–water partition coefficient (Wildman–Crippen LogP) is 7.44. The van der Waals surface area contributed by atoms with Gasteiger partial charge in [-0.15, -0.1) is 0 Å². The van der Waals surface area contributed by atoms with Gasteiger partial charge in [-0.2, -0.15) is 0 Å². The van der Waals surface area contributed by atoms with Crippen molar-refractivity contribution in [3.63, 3.8) is 0 Å². The van der Waals surface area contributed by atoms with E-state index in [4.69, 9.17) is 37.5 Å². The number of non-ortho nitro benzene ring substituents is 1. The van der Waals surface area contributed by atoms with Crippen LogP contribution in [0.25, 0.3) is 0 Å². The van der Waals surface area contributed by atoms with Crippen molar-refractivity contribution in [2.24, 2.45) is 5.92 Å². The molecule has 54 heavy (non-hydrogen) atoms. The average molecular weight is 802 g/mol. The maximum atomic E-state index is 13.0. The molecule has 3 aromatic carbocycles. The maximum Gasteiger partial charge on any atom is 0.345 e. The van der Waals surface area contributed by atoms with E-state index in [1.165, 1.54) is 43.3 Å². The number of carboxylic acid groups (broad SMARTS) is 1. The minimum absolute atomic E-state index is 0.0172. The van der Waals surface area contributed by atoms with Gasteiger partial charge in [0.05, 0.1) is 41.4 Å². The number of nitrogens with zero attached hydrogens (tertiary/aromatic N) is 1. The first-order valence-corrected chi connectivity index (χ1v) is 20.5. The highest BCUT2D eigenvalue weighted by atomic mass is 35.5. The molecule has 0 radical (unpaired) electrons. The van der Waals surface area contributed by atoms with Gasteiger partial charge >= 0.3 is 17.9 Å². The van der Waals surface area contributed by atoms with E-state index >= 15 is 0 Å². The molecule has 288 valence electrons. The van der Waals surface area contributed by atoms with Crippen LogP contribution < -0.4 is 5.32 Å². The lowest BCUT2D eigenvalue weighted by Gasteiger charge is -2.45. The van der Waals surface area contributed by atoms with Crippen molar-refractivity contribution in [1.82, 2.24) is 5.32 Å². The summed E-state index contributed by atoms with van der Waals surface area (Å²) in [7, 11) is -2.11. The topological polar surface area (TPSA) is 196 Å². The van der Waals surface area contributed by atoms with E-state index in [2.05, 4.69) is 39.2 Å². The van der Waals surface area contributed by atoms with Crippen molar-refractivity contribution < 1.29 is 48.0 Å². The fourth-order valence-electron chi connectivity index (χ4n) is 5.22. The van der Waals surface area contributed by atoms with Gasteiger partial charge in [0, 0.05) is 39.7 Å². The first-order valence-electron chi connectivity index (χ1n) is 16.8. The van der Waals surface area contributed by atoms with Crippen LogP contribution in [0.4, 0.5) is 5.69 Å². The Labute approximate surface area is 323 Å². The molecule has 4 rings (SSSR count). The number of β-lactam (4-membered cyclic amide) rings is 1. The number of nitro groups is 1. The van der Waals surface area contributed by atoms with Crippen LogP contribution in [0.3, 0.4) is 0 Å². The van der Waals surface area contributed by atoms with Gasteiger partial charge in [-0.3, -0.25) is 34.1 Å². The second-order valence-corrected chi connectivity index (χ2v) is 19.9. The monoisotopic (exact) mass is 800 g/mol. The first-order chi connectivity index (χ1) is 25.0. The molecular weight excluding hydrogens is 759 g/mol. The Morgan fingerprint density at radius 3 is 1.91 bits per heavy atom. The molecule has 1 heterocycles. The number of halogens is 2. The van der Waals surface area contributed by atoms with Crippen molar-refractivity contribution >= 4 is 72.6 Å². The molecule has 1 aliphatic heterocycles. The number of hydrogen-bond acceptors (Lipinski definition) is 10. The van der Waals surface area contributed by atoms with Crippen molar-refractivity contribution in [2.45, 2.75) is 84.2 Å². The molecule has 3 atom stereocenters.